The molecule has 0 aliphatic rings. The second-order valence-electron chi connectivity index (χ2n) is 7.07. The second kappa shape index (κ2) is 8.69. The van der Waals surface area contributed by atoms with Gasteiger partial charge in [-0.25, -0.2) is 4.79 Å². The summed E-state index contributed by atoms with van der Waals surface area (Å²) in [5.41, 5.74) is 1.76. The van der Waals surface area contributed by atoms with E-state index in [0.29, 0.717) is 16.7 Å². The lowest BCUT2D eigenvalue weighted by atomic mass is 10.0. The molecule has 1 aromatic heterocycles. The molecule has 0 aliphatic carbocycles. The molecule has 3 aromatic carbocycles. The van der Waals surface area contributed by atoms with E-state index in [1.54, 1.807) is 25.1 Å². The second-order valence-corrected chi connectivity index (χ2v) is 7.48. The number of benzene rings is 3. The highest BCUT2D eigenvalue weighted by Crippen LogP contribution is 2.29. The molecule has 0 saturated carbocycles. The van der Waals surface area contributed by atoms with Crippen molar-refractivity contribution in [1.29, 1.82) is 0 Å². The van der Waals surface area contributed by atoms with Crippen molar-refractivity contribution in [2.24, 2.45) is 0 Å². The van der Waals surface area contributed by atoms with Crippen LogP contribution in [0.15, 0.2) is 75.9 Å². The Morgan fingerprint density at radius 1 is 1.00 bits per heavy atom. The van der Waals surface area contributed by atoms with Gasteiger partial charge in [-0.3, -0.25) is 9.59 Å². The molecule has 0 unspecified atom stereocenters. The summed E-state index contributed by atoms with van der Waals surface area (Å²) >= 11 is 6.20. The number of hydrogen-bond acceptors (Lipinski definition) is 5. The molecule has 0 radical (unpaired) electrons. The molecule has 0 aliphatic heterocycles. The fourth-order valence-corrected chi connectivity index (χ4v) is 3.57. The molecule has 1 amide bonds. The number of methoxy groups -OCH3 is 1. The van der Waals surface area contributed by atoms with Crippen LogP contribution in [0.1, 0.15) is 26.3 Å². The summed E-state index contributed by atoms with van der Waals surface area (Å²) in [5.74, 6) is -0.698. The number of nitrogens with one attached hydrogen (secondary N) is 1. The average molecular weight is 448 g/mol. The monoisotopic (exact) mass is 447 g/mol. The predicted octanol–water partition coefficient (Wildman–Crippen LogP) is 5.46. The molecule has 6 nitrogen and oxygen atoms in total. The van der Waals surface area contributed by atoms with Crippen LogP contribution >= 0.6 is 11.6 Å². The number of ether oxygens (including phenoxy) is 1. The first-order chi connectivity index (χ1) is 15.4. The summed E-state index contributed by atoms with van der Waals surface area (Å²) in [7, 11) is 1.26. The molecule has 0 fully saturated rings. The van der Waals surface area contributed by atoms with E-state index in [9.17, 15) is 14.4 Å². The summed E-state index contributed by atoms with van der Waals surface area (Å²) in [6.07, 6.45) is 0. The number of carbonyl (C=O) groups is 2. The number of carbonyl (C=O) groups excluding carboxylic acids is 2. The topological polar surface area (TPSA) is 85.6 Å². The number of anilines is 1. The van der Waals surface area contributed by atoms with Crippen molar-refractivity contribution < 1.29 is 18.7 Å². The van der Waals surface area contributed by atoms with Gasteiger partial charge in [0.25, 0.3) is 5.91 Å². The van der Waals surface area contributed by atoms with Gasteiger partial charge in [0.1, 0.15) is 5.76 Å². The summed E-state index contributed by atoms with van der Waals surface area (Å²) in [5, 5.41) is 3.23. The zero-order valence-electron chi connectivity index (χ0n) is 17.3. The molecule has 1 N–H and O–H groups in total. The van der Waals surface area contributed by atoms with E-state index < -0.39 is 11.9 Å². The lowest BCUT2D eigenvalue weighted by molar-refractivity contribution is 0.0600. The normalized spacial score (nSPS) is 10.7. The maximum atomic E-state index is 13.1. The Hall–Kier alpha value is -3.90. The number of fused-ring (bicyclic) bond motifs is 1. The van der Waals surface area contributed by atoms with Gasteiger partial charge in [0, 0.05) is 11.1 Å². The van der Waals surface area contributed by atoms with Gasteiger partial charge in [0.05, 0.1) is 34.3 Å². The highest BCUT2D eigenvalue weighted by atomic mass is 35.5. The summed E-state index contributed by atoms with van der Waals surface area (Å²) in [4.78, 5) is 37.9. The standard InChI is InChI=1S/C25H18ClNO5/c1-14-21(28)17-9-6-10-18(23(17)32-22(14)15-7-4-3-5-8-15)24(29)27-20-13-16(25(30)31-2)11-12-19(20)26/h3-13H,1-2H3,(H,27,29). The van der Waals surface area contributed by atoms with Crippen molar-refractivity contribution in [3.8, 4) is 11.3 Å². The number of halogens is 1. The van der Waals surface area contributed by atoms with Gasteiger partial charge in [0.15, 0.2) is 11.0 Å². The van der Waals surface area contributed by atoms with E-state index in [2.05, 4.69) is 5.32 Å². The molecular weight excluding hydrogens is 430 g/mol. The number of hydrogen-bond donors (Lipinski definition) is 1. The molecular formula is C25H18ClNO5. The fourth-order valence-electron chi connectivity index (χ4n) is 3.41. The minimum Gasteiger partial charge on any atom is -0.465 e. The lowest BCUT2D eigenvalue weighted by Crippen LogP contribution is -2.15. The zero-order valence-corrected chi connectivity index (χ0v) is 18.0. The van der Waals surface area contributed by atoms with Gasteiger partial charge in [-0.05, 0) is 37.3 Å². The van der Waals surface area contributed by atoms with Crippen molar-refractivity contribution in [3.05, 3.63) is 98.7 Å². The lowest BCUT2D eigenvalue weighted by Gasteiger charge is -2.12. The van der Waals surface area contributed by atoms with E-state index in [0.717, 1.165) is 5.56 Å². The SMILES string of the molecule is COC(=O)c1ccc(Cl)c(NC(=O)c2cccc3c(=O)c(C)c(-c4ccccc4)oc23)c1. The third kappa shape index (κ3) is 3.88. The van der Waals surface area contributed by atoms with Crippen molar-refractivity contribution in [2.45, 2.75) is 6.92 Å². The molecule has 4 aromatic rings. The zero-order chi connectivity index (χ0) is 22.8. The Morgan fingerprint density at radius 3 is 2.47 bits per heavy atom. The number of rotatable bonds is 4. The Balaban J connectivity index is 1.82. The fraction of sp³-hybridized carbons (Fsp3) is 0.0800. The largest absolute Gasteiger partial charge is 0.465 e. The van der Waals surface area contributed by atoms with Crippen molar-refractivity contribution >= 4 is 40.1 Å². The summed E-state index contributed by atoms with van der Waals surface area (Å²) < 4.78 is 10.8. The van der Waals surface area contributed by atoms with Crippen LogP contribution in [-0.4, -0.2) is 19.0 Å². The summed E-state index contributed by atoms with van der Waals surface area (Å²) in [6, 6.07) is 18.4. The van der Waals surface area contributed by atoms with Gasteiger partial charge >= 0.3 is 5.97 Å². The van der Waals surface area contributed by atoms with E-state index in [1.165, 1.54) is 25.3 Å². The molecule has 4 rings (SSSR count). The first kappa shape index (κ1) is 21.3. The van der Waals surface area contributed by atoms with E-state index >= 15 is 0 Å². The molecule has 0 saturated heterocycles. The highest BCUT2D eigenvalue weighted by molar-refractivity contribution is 6.34. The predicted molar refractivity (Wildman–Crippen MR) is 123 cm³/mol. The highest BCUT2D eigenvalue weighted by Gasteiger charge is 2.19. The maximum absolute atomic E-state index is 13.1. The Labute approximate surface area is 188 Å². The van der Waals surface area contributed by atoms with Crippen LogP contribution in [-0.2, 0) is 4.74 Å². The van der Waals surface area contributed by atoms with Crippen LogP contribution in [0.2, 0.25) is 5.02 Å². The quantitative estimate of drug-likeness (QED) is 0.420. The maximum Gasteiger partial charge on any atom is 0.337 e. The first-order valence-electron chi connectivity index (χ1n) is 9.71. The third-order valence-corrected chi connectivity index (χ3v) is 5.39. The molecule has 7 heteroatoms. The molecule has 160 valence electrons. The van der Waals surface area contributed by atoms with Crippen LogP contribution in [0.5, 0.6) is 0 Å². The van der Waals surface area contributed by atoms with Crippen LogP contribution in [0, 0.1) is 6.92 Å². The molecule has 1 heterocycles. The van der Waals surface area contributed by atoms with E-state index in [1.807, 2.05) is 30.3 Å². The van der Waals surface area contributed by atoms with E-state index in [-0.39, 0.29) is 32.8 Å². The Kier molecular flexibility index (Phi) is 5.79. The van der Waals surface area contributed by atoms with Gasteiger partial charge in [-0.2, -0.15) is 0 Å². The number of para-hydroxylation sites is 1. The smallest absolute Gasteiger partial charge is 0.337 e. The van der Waals surface area contributed by atoms with Crippen molar-refractivity contribution in [3.63, 3.8) is 0 Å². The van der Waals surface area contributed by atoms with E-state index in [4.69, 9.17) is 20.8 Å². The van der Waals surface area contributed by atoms with Crippen molar-refractivity contribution in [2.75, 3.05) is 12.4 Å². The molecule has 32 heavy (non-hydrogen) atoms. The van der Waals surface area contributed by atoms with Crippen LogP contribution < -0.4 is 10.7 Å². The van der Waals surface area contributed by atoms with Gasteiger partial charge in [0.2, 0.25) is 0 Å². The van der Waals surface area contributed by atoms with Crippen LogP contribution in [0.4, 0.5) is 5.69 Å². The third-order valence-electron chi connectivity index (χ3n) is 5.06. The minimum absolute atomic E-state index is 0.163. The number of amides is 1. The molecule has 0 atom stereocenters. The molecule has 0 bridgehead atoms. The van der Waals surface area contributed by atoms with Gasteiger partial charge in [-0.1, -0.05) is 48.0 Å². The minimum atomic E-state index is -0.559. The van der Waals surface area contributed by atoms with Gasteiger partial charge < -0.3 is 14.5 Å². The number of esters is 1. The van der Waals surface area contributed by atoms with Gasteiger partial charge in [-0.15, -0.1) is 0 Å². The Bertz CT molecular complexity index is 1410. The molecule has 0 spiro atoms. The Morgan fingerprint density at radius 2 is 1.75 bits per heavy atom. The summed E-state index contributed by atoms with van der Waals surface area (Å²) in [6.45, 7) is 1.69. The van der Waals surface area contributed by atoms with Crippen LogP contribution in [0.25, 0.3) is 22.3 Å². The first-order valence-corrected chi connectivity index (χ1v) is 10.1. The average Bonchev–Trinajstić information content (AvgIpc) is 2.82. The van der Waals surface area contributed by atoms with Crippen LogP contribution in [0.3, 0.4) is 0 Å². The van der Waals surface area contributed by atoms with Crippen molar-refractivity contribution in [1.82, 2.24) is 0 Å².